The molecular weight excluding hydrogens is 232 g/mol. The number of hydrogen-bond acceptors (Lipinski definition) is 5. The minimum atomic E-state index is -0.379. The third kappa shape index (κ3) is 3.32. The van der Waals surface area contributed by atoms with Crippen molar-refractivity contribution in [1.29, 1.82) is 0 Å². The molecule has 6 heteroatoms. The average Bonchev–Trinajstić information content (AvgIpc) is 2.36. The summed E-state index contributed by atoms with van der Waals surface area (Å²) in [6, 6.07) is 3.16. The number of rotatable bonds is 7. The molecule has 0 saturated heterocycles. The second-order valence-electron chi connectivity index (χ2n) is 3.91. The Morgan fingerprint density at radius 3 is 2.61 bits per heavy atom. The van der Waals surface area contributed by atoms with Gasteiger partial charge in [-0.25, -0.2) is 4.98 Å². The minimum Gasteiger partial charge on any atom is -0.370 e. The average molecular weight is 252 g/mol. The van der Waals surface area contributed by atoms with Gasteiger partial charge in [0.05, 0.1) is 4.92 Å². The Hall–Kier alpha value is -1.85. The highest BCUT2D eigenvalue weighted by Crippen LogP contribution is 2.27. The smallest absolute Gasteiger partial charge is 0.311 e. The molecule has 0 bridgehead atoms. The topological polar surface area (TPSA) is 71.3 Å². The van der Waals surface area contributed by atoms with Crippen LogP contribution in [0, 0.1) is 10.1 Å². The van der Waals surface area contributed by atoms with E-state index in [9.17, 15) is 10.1 Å². The molecule has 0 spiro atoms. The number of aromatic nitrogens is 1. The van der Waals surface area contributed by atoms with Gasteiger partial charge in [-0.15, -0.1) is 0 Å². The quantitative estimate of drug-likeness (QED) is 0.596. The molecule has 0 aliphatic rings. The number of pyridine rings is 1. The summed E-state index contributed by atoms with van der Waals surface area (Å²) < 4.78 is 0. The van der Waals surface area contributed by atoms with E-state index >= 15 is 0 Å². The highest BCUT2D eigenvalue weighted by Gasteiger charge is 2.20. The summed E-state index contributed by atoms with van der Waals surface area (Å²) in [5.41, 5.74) is 0.0620. The lowest BCUT2D eigenvalue weighted by molar-refractivity contribution is -0.384. The molecular formula is C12H20N4O2. The van der Waals surface area contributed by atoms with E-state index in [1.807, 2.05) is 25.7 Å². The maximum atomic E-state index is 11.0. The number of nitrogens with zero attached hydrogens (tertiary/aromatic N) is 3. The van der Waals surface area contributed by atoms with Crippen molar-refractivity contribution in [2.75, 3.05) is 29.9 Å². The van der Waals surface area contributed by atoms with Crippen molar-refractivity contribution >= 4 is 17.3 Å². The zero-order valence-corrected chi connectivity index (χ0v) is 11.1. The molecule has 1 N–H and O–H groups in total. The SMILES string of the molecule is CCCN(CC)c1nc(NCC)ccc1[N+](=O)[O-]. The molecule has 18 heavy (non-hydrogen) atoms. The maximum absolute atomic E-state index is 11.0. The Labute approximate surface area is 107 Å². The first kappa shape index (κ1) is 14.2. The van der Waals surface area contributed by atoms with Crippen LogP contribution in [0.5, 0.6) is 0 Å². The Bertz CT molecular complexity index is 409. The first-order valence-corrected chi connectivity index (χ1v) is 6.28. The predicted molar refractivity (Wildman–Crippen MR) is 73.2 cm³/mol. The lowest BCUT2D eigenvalue weighted by Crippen LogP contribution is -2.25. The molecule has 0 saturated carbocycles. The van der Waals surface area contributed by atoms with E-state index in [0.29, 0.717) is 18.2 Å². The van der Waals surface area contributed by atoms with E-state index in [1.165, 1.54) is 6.07 Å². The summed E-state index contributed by atoms with van der Waals surface area (Å²) in [6.07, 6.45) is 0.929. The second-order valence-corrected chi connectivity index (χ2v) is 3.91. The molecule has 0 aliphatic heterocycles. The standard InChI is InChI=1S/C12H20N4O2/c1-4-9-15(6-3)12-10(16(17)18)7-8-11(14-12)13-5-2/h7-8H,4-6,9H2,1-3H3,(H,13,14). The fraction of sp³-hybridized carbons (Fsp3) is 0.583. The van der Waals surface area contributed by atoms with E-state index < -0.39 is 0 Å². The molecule has 100 valence electrons. The predicted octanol–water partition coefficient (Wildman–Crippen LogP) is 2.66. The molecule has 1 rings (SSSR count). The van der Waals surface area contributed by atoms with Gasteiger partial charge in [0, 0.05) is 25.7 Å². The molecule has 0 aromatic carbocycles. The highest BCUT2D eigenvalue weighted by atomic mass is 16.6. The van der Waals surface area contributed by atoms with Crippen LogP contribution in [0.1, 0.15) is 27.2 Å². The van der Waals surface area contributed by atoms with Crippen LogP contribution in [-0.4, -0.2) is 29.5 Å². The van der Waals surface area contributed by atoms with E-state index in [1.54, 1.807) is 6.07 Å². The van der Waals surface area contributed by atoms with Crippen LogP contribution in [0.2, 0.25) is 0 Å². The summed E-state index contributed by atoms with van der Waals surface area (Å²) in [4.78, 5) is 16.9. The molecule has 6 nitrogen and oxygen atoms in total. The first-order chi connectivity index (χ1) is 8.63. The number of anilines is 2. The molecule has 0 radical (unpaired) electrons. The Morgan fingerprint density at radius 2 is 2.11 bits per heavy atom. The zero-order chi connectivity index (χ0) is 13.5. The summed E-state index contributed by atoms with van der Waals surface area (Å²) in [6.45, 7) is 8.19. The normalized spacial score (nSPS) is 10.2. The van der Waals surface area contributed by atoms with Gasteiger partial charge >= 0.3 is 5.69 Å². The monoisotopic (exact) mass is 252 g/mol. The molecule has 0 aliphatic carbocycles. The number of nitrogens with one attached hydrogen (secondary N) is 1. The number of nitro groups is 1. The summed E-state index contributed by atoms with van der Waals surface area (Å²) in [5.74, 6) is 1.12. The van der Waals surface area contributed by atoms with Crippen molar-refractivity contribution in [3.05, 3.63) is 22.2 Å². The van der Waals surface area contributed by atoms with Crippen molar-refractivity contribution < 1.29 is 4.92 Å². The van der Waals surface area contributed by atoms with Crippen LogP contribution in [0.4, 0.5) is 17.3 Å². The highest BCUT2D eigenvalue weighted by molar-refractivity contribution is 5.61. The van der Waals surface area contributed by atoms with Gasteiger partial charge in [-0.05, 0) is 26.3 Å². The van der Waals surface area contributed by atoms with Gasteiger partial charge in [0.25, 0.3) is 0 Å². The summed E-state index contributed by atoms with van der Waals surface area (Å²) >= 11 is 0. The fourth-order valence-corrected chi connectivity index (χ4v) is 1.78. The van der Waals surface area contributed by atoms with Crippen molar-refractivity contribution in [2.45, 2.75) is 27.2 Å². The molecule has 1 aromatic rings. The van der Waals surface area contributed by atoms with Gasteiger partial charge in [-0.2, -0.15) is 0 Å². The van der Waals surface area contributed by atoms with E-state index in [4.69, 9.17) is 0 Å². The van der Waals surface area contributed by atoms with Gasteiger partial charge in [0.2, 0.25) is 5.82 Å². The molecule has 0 atom stereocenters. The van der Waals surface area contributed by atoms with Crippen LogP contribution in [0.15, 0.2) is 12.1 Å². The Balaban J connectivity index is 3.16. The molecule has 0 unspecified atom stereocenters. The lowest BCUT2D eigenvalue weighted by Gasteiger charge is -2.21. The van der Waals surface area contributed by atoms with Crippen LogP contribution >= 0.6 is 0 Å². The zero-order valence-electron chi connectivity index (χ0n) is 11.1. The first-order valence-electron chi connectivity index (χ1n) is 6.28. The number of hydrogen-bond donors (Lipinski definition) is 1. The van der Waals surface area contributed by atoms with Crippen LogP contribution in [0.3, 0.4) is 0 Å². The minimum absolute atomic E-state index is 0.0620. The van der Waals surface area contributed by atoms with E-state index in [-0.39, 0.29) is 10.6 Å². The van der Waals surface area contributed by atoms with Gasteiger partial charge in [-0.1, -0.05) is 6.92 Å². The van der Waals surface area contributed by atoms with Gasteiger partial charge in [-0.3, -0.25) is 10.1 Å². The summed E-state index contributed by atoms with van der Waals surface area (Å²) in [7, 11) is 0. The van der Waals surface area contributed by atoms with E-state index in [0.717, 1.165) is 19.5 Å². The largest absolute Gasteiger partial charge is 0.370 e. The van der Waals surface area contributed by atoms with Gasteiger partial charge < -0.3 is 10.2 Å². The van der Waals surface area contributed by atoms with E-state index in [2.05, 4.69) is 10.3 Å². The summed E-state index contributed by atoms with van der Waals surface area (Å²) in [5, 5.41) is 14.1. The van der Waals surface area contributed by atoms with Crippen molar-refractivity contribution in [2.24, 2.45) is 0 Å². The maximum Gasteiger partial charge on any atom is 0.311 e. The van der Waals surface area contributed by atoms with Crippen molar-refractivity contribution in [1.82, 2.24) is 4.98 Å². The molecule has 1 aromatic heterocycles. The fourth-order valence-electron chi connectivity index (χ4n) is 1.78. The van der Waals surface area contributed by atoms with Crippen LogP contribution in [0.25, 0.3) is 0 Å². The Morgan fingerprint density at radius 1 is 1.39 bits per heavy atom. The van der Waals surface area contributed by atoms with Crippen LogP contribution in [-0.2, 0) is 0 Å². The third-order valence-electron chi connectivity index (χ3n) is 2.58. The molecule has 0 fully saturated rings. The van der Waals surface area contributed by atoms with Crippen molar-refractivity contribution in [3.63, 3.8) is 0 Å². The second kappa shape index (κ2) is 6.78. The van der Waals surface area contributed by atoms with Gasteiger partial charge in [0.15, 0.2) is 0 Å². The lowest BCUT2D eigenvalue weighted by atomic mass is 10.3. The third-order valence-corrected chi connectivity index (χ3v) is 2.58. The molecule has 1 heterocycles. The Kier molecular flexibility index (Phi) is 5.35. The van der Waals surface area contributed by atoms with Crippen molar-refractivity contribution in [3.8, 4) is 0 Å². The van der Waals surface area contributed by atoms with Crippen LogP contribution < -0.4 is 10.2 Å². The molecule has 0 amide bonds. The van der Waals surface area contributed by atoms with Gasteiger partial charge in [0.1, 0.15) is 5.82 Å².